The zero-order valence-electron chi connectivity index (χ0n) is 38.9. The molecule has 0 saturated carbocycles. The monoisotopic (exact) mass is 874 g/mol. The Balaban J connectivity index is 1.26. The van der Waals surface area contributed by atoms with Gasteiger partial charge in [-0.3, -0.25) is 0 Å². The van der Waals surface area contributed by atoms with Crippen molar-refractivity contribution in [3.05, 3.63) is 193 Å². The summed E-state index contributed by atoms with van der Waals surface area (Å²) in [7, 11) is 0. The van der Waals surface area contributed by atoms with Crippen LogP contribution in [0.2, 0.25) is 0 Å². The molecule has 1 atom stereocenters. The minimum absolute atomic E-state index is 0.0118. The minimum atomic E-state index is -0.612. The highest BCUT2D eigenvalue weighted by molar-refractivity contribution is 6.16. The first-order valence-electron chi connectivity index (χ1n) is 23.4. The van der Waals surface area contributed by atoms with Crippen LogP contribution in [0.15, 0.2) is 176 Å². The van der Waals surface area contributed by atoms with Crippen LogP contribution in [0, 0.1) is 5.92 Å². The predicted octanol–water partition coefficient (Wildman–Crippen LogP) is 16.4. The van der Waals surface area contributed by atoms with Crippen molar-refractivity contribution in [2.75, 3.05) is 13.2 Å². The van der Waals surface area contributed by atoms with Crippen LogP contribution in [0.1, 0.15) is 58.2 Å². The Kier molecular flexibility index (Phi) is 10.1. The van der Waals surface area contributed by atoms with Gasteiger partial charge in [-0.15, -0.1) is 0 Å². The Morgan fingerprint density at radius 3 is 1.45 bits per heavy atom. The van der Waals surface area contributed by atoms with Crippen molar-refractivity contribution >= 4 is 43.1 Å². The molecule has 10 aromatic carbocycles. The van der Waals surface area contributed by atoms with Gasteiger partial charge in [0.05, 0.1) is 13.2 Å². The first kappa shape index (κ1) is 42.1. The van der Waals surface area contributed by atoms with Gasteiger partial charge >= 0.3 is 0 Å². The second-order valence-electron chi connectivity index (χ2n) is 20.0. The summed E-state index contributed by atoms with van der Waals surface area (Å²) >= 11 is 0. The van der Waals surface area contributed by atoms with Gasteiger partial charge in [-0.05, 0) is 114 Å². The van der Waals surface area contributed by atoms with Gasteiger partial charge in [-0.2, -0.15) is 0 Å². The molecule has 0 aliphatic carbocycles. The molecule has 10 aromatic rings. The molecule has 0 aromatic heterocycles. The lowest BCUT2D eigenvalue weighted by Crippen LogP contribution is -2.20. The van der Waals surface area contributed by atoms with E-state index in [0.29, 0.717) is 30.3 Å². The van der Waals surface area contributed by atoms with Gasteiger partial charge in [0.15, 0.2) is 0 Å². The number of hydrogen-bond acceptors (Lipinski definition) is 4. The van der Waals surface area contributed by atoms with Crippen molar-refractivity contribution in [3.63, 3.8) is 0 Å². The standard InChI is InChI=1S/C63H54O4/c1-38-36-66-56-28-15-13-24-47(56)51-32-42(62(2,3)4)33-53(60(51)64)59-46-23-12-9-20-41(46)31-50-49(59)26-17-27-55(50)63(5,6)43-34-52(48-25-14-16-29-57(48)67-37-38)61(65)54(35-43)58-44-21-10-7-18-39(44)30-40-19-8-11-22-45(40)58/h7-35,38,64-65H,36-37H2,1-6H3. The smallest absolute Gasteiger partial charge is 0.131 e. The van der Waals surface area contributed by atoms with Gasteiger partial charge in [0.25, 0.3) is 0 Å². The largest absolute Gasteiger partial charge is 0.507 e. The molecule has 67 heavy (non-hydrogen) atoms. The van der Waals surface area contributed by atoms with Gasteiger partial charge in [0.2, 0.25) is 0 Å². The zero-order valence-corrected chi connectivity index (χ0v) is 38.9. The molecule has 1 aliphatic heterocycles. The molecule has 11 rings (SSSR count). The summed E-state index contributed by atoms with van der Waals surface area (Å²) in [6, 6.07) is 61.4. The molecule has 8 bridgehead atoms. The lowest BCUT2D eigenvalue weighted by Gasteiger charge is -2.31. The van der Waals surface area contributed by atoms with Crippen molar-refractivity contribution in [2.45, 2.75) is 52.4 Å². The minimum Gasteiger partial charge on any atom is -0.507 e. The average Bonchev–Trinajstić information content (AvgIpc) is 3.33. The molecule has 0 saturated heterocycles. The van der Waals surface area contributed by atoms with E-state index in [1.807, 2.05) is 42.5 Å². The van der Waals surface area contributed by atoms with E-state index in [-0.39, 0.29) is 22.8 Å². The summed E-state index contributed by atoms with van der Waals surface area (Å²) < 4.78 is 13.4. The first-order chi connectivity index (χ1) is 32.4. The fourth-order valence-corrected chi connectivity index (χ4v) is 10.4. The van der Waals surface area contributed by atoms with Crippen molar-refractivity contribution in [2.24, 2.45) is 5.92 Å². The number of hydrogen-bond donors (Lipinski definition) is 2. The number of fused-ring (bicyclic) bond motifs is 13. The first-order valence-corrected chi connectivity index (χ1v) is 23.4. The summed E-state index contributed by atoms with van der Waals surface area (Å²) in [4.78, 5) is 0. The second-order valence-corrected chi connectivity index (χ2v) is 20.0. The second kappa shape index (κ2) is 16.1. The van der Waals surface area contributed by atoms with E-state index in [2.05, 4.69) is 175 Å². The van der Waals surface area contributed by atoms with Gasteiger partial charge in [0, 0.05) is 55.8 Å². The van der Waals surface area contributed by atoms with Crippen molar-refractivity contribution in [1.29, 1.82) is 0 Å². The molecule has 2 N–H and O–H groups in total. The van der Waals surface area contributed by atoms with E-state index in [9.17, 15) is 10.2 Å². The lowest BCUT2D eigenvalue weighted by molar-refractivity contribution is 0.189. The molecular weight excluding hydrogens is 821 g/mol. The third-order valence-corrected chi connectivity index (χ3v) is 14.1. The number of ether oxygens (including phenoxy) is 2. The van der Waals surface area contributed by atoms with E-state index in [1.54, 1.807) is 0 Å². The maximum absolute atomic E-state index is 13.0. The number of phenols is 2. The molecule has 0 radical (unpaired) electrons. The average molecular weight is 875 g/mol. The molecule has 0 amide bonds. The highest BCUT2D eigenvalue weighted by atomic mass is 16.5. The maximum Gasteiger partial charge on any atom is 0.131 e. The van der Waals surface area contributed by atoms with Crippen LogP contribution in [0.25, 0.3) is 87.6 Å². The Labute approximate surface area is 392 Å². The maximum atomic E-state index is 13.0. The third kappa shape index (κ3) is 7.14. The molecule has 0 spiro atoms. The summed E-state index contributed by atoms with van der Waals surface area (Å²) in [5.74, 6) is 1.77. The third-order valence-electron chi connectivity index (χ3n) is 14.1. The van der Waals surface area contributed by atoms with Crippen molar-refractivity contribution in [3.8, 4) is 67.5 Å². The van der Waals surface area contributed by atoms with Crippen molar-refractivity contribution < 1.29 is 19.7 Å². The van der Waals surface area contributed by atoms with Crippen LogP contribution in [0.5, 0.6) is 23.0 Å². The number of phenolic OH excluding ortho intramolecular Hbond substituents is 2. The SMILES string of the molecule is CC1COc2ccccc2-c2cc(cc(-c3c4ccccc4cc4ccccc34)c2O)C(C)(C)c2cccc3c(c4ccccc4cc23)-c2cc(C(C)(C)C)cc(c2O)-c2ccccc2OC1. The van der Waals surface area contributed by atoms with Gasteiger partial charge < -0.3 is 19.7 Å². The zero-order chi connectivity index (χ0) is 46.2. The highest BCUT2D eigenvalue weighted by Crippen LogP contribution is 2.52. The molecule has 1 aliphatic rings. The van der Waals surface area contributed by atoms with Gasteiger partial charge in [-0.1, -0.05) is 169 Å². The Hall–Kier alpha value is -7.56. The fraction of sp³-hybridized carbons (Fsp3) is 0.175. The number of benzene rings is 10. The predicted molar refractivity (Wildman–Crippen MR) is 279 cm³/mol. The Morgan fingerprint density at radius 1 is 0.448 bits per heavy atom. The molecule has 330 valence electrons. The van der Waals surface area contributed by atoms with Crippen LogP contribution >= 0.6 is 0 Å². The van der Waals surface area contributed by atoms with E-state index < -0.39 is 5.41 Å². The topological polar surface area (TPSA) is 58.9 Å². The summed E-state index contributed by atoms with van der Waals surface area (Å²) in [5, 5.41) is 34.4. The quantitative estimate of drug-likeness (QED) is 0.161. The van der Waals surface area contributed by atoms with Crippen LogP contribution in [-0.4, -0.2) is 23.4 Å². The molecule has 4 nitrogen and oxygen atoms in total. The van der Waals surface area contributed by atoms with E-state index in [1.165, 1.54) is 0 Å². The summed E-state index contributed by atoms with van der Waals surface area (Å²) in [5.41, 5.74) is 8.99. The summed E-state index contributed by atoms with van der Waals surface area (Å²) in [6.45, 7) is 14.1. The number of aromatic hydroxyl groups is 2. The number of rotatable bonds is 1. The van der Waals surface area contributed by atoms with Gasteiger partial charge in [-0.25, -0.2) is 0 Å². The molecule has 1 unspecified atom stereocenters. The Morgan fingerprint density at radius 2 is 0.881 bits per heavy atom. The van der Waals surface area contributed by atoms with E-state index in [4.69, 9.17) is 9.47 Å². The number of para-hydroxylation sites is 2. The van der Waals surface area contributed by atoms with E-state index >= 15 is 0 Å². The van der Waals surface area contributed by atoms with Crippen LogP contribution in [0.3, 0.4) is 0 Å². The van der Waals surface area contributed by atoms with Crippen LogP contribution in [0.4, 0.5) is 0 Å². The Bertz CT molecular complexity index is 3540. The molecular formula is C63H54O4. The highest BCUT2D eigenvalue weighted by Gasteiger charge is 2.31. The molecule has 1 heterocycles. The fourth-order valence-electron chi connectivity index (χ4n) is 10.4. The van der Waals surface area contributed by atoms with Crippen molar-refractivity contribution in [1.82, 2.24) is 0 Å². The molecule has 0 fully saturated rings. The van der Waals surface area contributed by atoms with Crippen LogP contribution < -0.4 is 9.47 Å². The van der Waals surface area contributed by atoms with Crippen LogP contribution in [-0.2, 0) is 10.8 Å². The molecule has 4 heteroatoms. The van der Waals surface area contributed by atoms with E-state index in [0.717, 1.165) is 98.7 Å². The van der Waals surface area contributed by atoms with Gasteiger partial charge in [0.1, 0.15) is 23.0 Å². The summed E-state index contributed by atoms with van der Waals surface area (Å²) in [6.07, 6.45) is 0. The normalized spacial score (nSPS) is 14.9. The lowest BCUT2D eigenvalue weighted by atomic mass is 9.73.